The van der Waals surface area contributed by atoms with Crippen molar-refractivity contribution in [1.82, 2.24) is 15.5 Å². The number of nitrogens with one attached hydrogen (secondary N) is 2. The first kappa shape index (κ1) is 26.5. The van der Waals surface area contributed by atoms with Gasteiger partial charge in [0.05, 0.1) is 19.3 Å². The second kappa shape index (κ2) is 13.7. The summed E-state index contributed by atoms with van der Waals surface area (Å²) in [5.74, 6) is 1.24. The maximum absolute atomic E-state index is 12.6. The van der Waals surface area contributed by atoms with E-state index in [9.17, 15) is 4.79 Å². The first-order chi connectivity index (χ1) is 13.1. The van der Waals surface area contributed by atoms with Gasteiger partial charge in [0.2, 0.25) is 5.91 Å². The Kier molecular flexibility index (Phi) is 12.5. The van der Waals surface area contributed by atoms with Gasteiger partial charge < -0.3 is 15.4 Å². The summed E-state index contributed by atoms with van der Waals surface area (Å²) in [5, 5.41) is 7.32. The number of piperidine rings is 1. The third-order valence-electron chi connectivity index (χ3n) is 5.91. The summed E-state index contributed by atoms with van der Waals surface area (Å²) in [7, 11) is 0. The van der Waals surface area contributed by atoms with Crippen molar-refractivity contribution < 1.29 is 9.53 Å². The number of carbonyl (C=O) groups excluding carboxylic acids is 1. The summed E-state index contributed by atoms with van der Waals surface area (Å²) < 4.78 is 5.49. The van der Waals surface area contributed by atoms with E-state index in [-0.39, 0.29) is 36.8 Å². The van der Waals surface area contributed by atoms with Crippen molar-refractivity contribution in [3.8, 4) is 0 Å². The second-order valence-corrected chi connectivity index (χ2v) is 8.23. The van der Waals surface area contributed by atoms with Crippen molar-refractivity contribution in [1.29, 1.82) is 0 Å². The Hall–Kier alpha value is -0.560. The fraction of sp³-hybridized carbons (Fsp3) is 0.667. The van der Waals surface area contributed by atoms with Crippen LogP contribution in [0.5, 0.6) is 0 Å². The Labute approximate surface area is 192 Å². The summed E-state index contributed by atoms with van der Waals surface area (Å²) in [6, 6.07) is 8.10. The molecule has 166 valence electrons. The number of benzene rings is 1. The Morgan fingerprint density at radius 2 is 1.97 bits per heavy atom. The van der Waals surface area contributed by atoms with Crippen LogP contribution in [0.3, 0.4) is 0 Å². The zero-order chi connectivity index (χ0) is 19.1. The van der Waals surface area contributed by atoms with Crippen molar-refractivity contribution in [3.63, 3.8) is 0 Å². The molecule has 2 N–H and O–H groups in total. The number of morpholine rings is 1. The molecule has 2 unspecified atom stereocenters. The van der Waals surface area contributed by atoms with Crippen LogP contribution in [0.15, 0.2) is 24.3 Å². The zero-order valence-corrected chi connectivity index (χ0v) is 19.5. The van der Waals surface area contributed by atoms with E-state index in [1.165, 1.54) is 12.8 Å². The van der Waals surface area contributed by atoms with Crippen LogP contribution >= 0.6 is 36.4 Å². The Bertz CT molecular complexity index is 609. The molecular weight excluding hydrogens is 433 g/mol. The van der Waals surface area contributed by atoms with Crippen molar-refractivity contribution in [2.45, 2.75) is 32.2 Å². The summed E-state index contributed by atoms with van der Waals surface area (Å²) in [6.07, 6.45) is 2.96. The van der Waals surface area contributed by atoms with Gasteiger partial charge in [-0.25, -0.2) is 0 Å². The molecule has 2 saturated heterocycles. The number of rotatable bonds is 7. The van der Waals surface area contributed by atoms with Gasteiger partial charge in [-0.2, -0.15) is 0 Å². The molecule has 0 aromatic heterocycles. The number of amides is 1. The molecule has 0 saturated carbocycles. The van der Waals surface area contributed by atoms with Gasteiger partial charge in [-0.05, 0) is 55.5 Å². The molecule has 0 spiro atoms. The minimum atomic E-state index is 0. The molecule has 8 heteroatoms. The van der Waals surface area contributed by atoms with Gasteiger partial charge in [-0.3, -0.25) is 9.69 Å². The molecule has 5 nitrogen and oxygen atoms in total. The average Bonchev–Trinajstić information content (AvgIpc) is 2.70. The van der Waals surface area contributed by atoms with Crippen LogP contribution in [0, 0.1) is 11.8 Å². The van der Waals surface area contributed by atoms with Crippen LogP contribution in [-0.4, -0.2) is 56.7 Å². The standard InChI is InChI=1S/C21H32ClN3O2.2ClH/c1-16(17-5-7-23-8-6-17)13-21(26)24-15-20(25-9-11-27-12-10-25)18-3-2-4-19(22)14-18;;/h2-4,14,16-17,20,23H,5-13,15H2,1H3,(H,24,26);2*1H. The van der Waals surface area contributed by atoms with Crippen LogP contribution in [0.4, 0.5) is 0 Å². The van der Waals surface area contributed by atoms with E-state index in [1.54, 1.807) is 0 Å². The van der Waals surface area contributed by atoms with E-state index in [1.807, 2.05) is 18.2 Å². The number of carbonyl (C=O) groups is 1. The van der Waals surface area contributed by atoms with Gasteiger partial charge in [0, 0.05) is 31.1 Å². The van der Waals surface area contributed by atoms with E-state index in [2.05, 4.69) is 28.5 Å². The van der Waals surface area contributed by atoms with Crippen molar-refractivity contribution in [2.24, 2.45) is 11.8 Å². The molecule has 1 aromatic carbocycles. The van der Waals surface area contributed by atoms with Crippen molar-refractivity contribution >= 4 is 42.3 Å². The lowest BCUT2D eigenvalue weighted by Gasteiger charge is -2.35. The molecule has 3 rings (SSSR count). The molecule has 2 aliphatic heterocycles. The summed E-state index contributed by atoms with van der Waals surface area (Å²) in [6.45, 7) is 8.19. The summed E-state index contributed by atoms with van der Waals surface area (Å²) in [4.78, 5) is 15.0. The third kappa shape index (κ3) is 8.23. The van der Waals surface area contributed by atoms with E-state index >= 15 is 0 Å². The van der Waals surface area contributed by atoms with Crippen LogP contribution in [-0.2, 0) is 9.53 Å². The van der Waals surface area contributed by atoms with Gasteiger partial charge in [-0.15, -0.1) is 24.8 Å². The molecule has 1 amide bonds. The van der Waals surface area contributed by atoms with E-state index in [4.69, 9.17) is 16.3 Å². The average molecular weight is 467 g/mol. The molecule has 2 aliphatic rings. The maximum atomic E-state index is 12.6. The van der Waals surface area contributed by atoms with Crippen LogP contribution in [0.2, 0.25) is 5.02 Å². The highest BCUT2D eigenvalue weighted by molar-refractivity contribution is 6.30. The monoisotopic (exact) mass is 465 g/mol. The van der Waals surface area contributed by atoms with Gasteiger partial charge in [0.1, 0.15) is 0 Å². The fourth-order valence-electron chi connectivity index (χ4n) is 4.22. The molecule has 2 fully saturated rings. The lowest BCUT2D eigenvalue weighted by atomic mass is 9.84. The first-order valence-electron chi connectivity index (χ1n) is 10.2. The summed E-state index contributed by atoms with van der Waals surface area (Å²) >= 11 is 6.21. The van der Waals surface area contributed by atoms with E-state index in [0.29, 0.717) is 24.8 Å². The highest BCUT2D eigenvalue weighted by Crippen LogP contribution is 2.26. The molecule has 29 heavy (non-hydrogen) atoms. The quantitative estimate of drug-likeness (QED) is 0.643. The number of hydrogen-bond acceptors (Lipinski definition) is 4. The van der Waals surface area contributed by atoms with Crippen molar-refractivity contribution in [2.75, 3.05) is 45.9 Å². The van der Waals surface area contributed by atoms with E-state index in [0.717, 1.165) is 50.0 Å². The molecule has 0 bridgehead atoms. The Morgan fingerprint density at radius 1 is 1.28 bits per heavy atom. The Balaban J connectivity index is 0.00000210. The van der Waals surface area contributed by atoms with Crippen LogP contribution in [0.25, 0.3) is 0 Å². The van der Waals surface area contributed by atoms with Gasteiger partial charge >= 0.3 is 0 Å². The predicted octanol–water partition coefficient (Wildman–Crippen LogP) is 3.70. The topological polar surface area (TPSA) is 53.6 Å². The largest absolute Gasteiger partial charge is 0.379 e. The highest BCUT2D eigenvalue weighted by atomic mass is 35.5. The first-order valence-corrected chi connectivity index (χ1v) is 10.6. The SMILES string of the molecule is CC(CC(=O)NCC(c1cccc(Cl)c1)N1CCOCC1)C1CCNCC1.Cl.Cl. The zero-order valence-electron chi connectivity index (χ0n) is 17.1. The molecular formula is C21H34Cl3N3O2. The fourth-order valence-corrected chi connectivity index (χ4v) is 4.41. The van der Waals surface area contributed by atoms with E-state index < -0.39 is 0 Å². The van der Waals surface area contributed by atoms with Crippen molar-refractivity contribution in [3.05, 3.63) is 34.9 Å². The maximum Gasteiger partial charge on any atom is 0.220 e. The van der Waals surface area contributed by atoms with Gasteiger partial charge in [-0.1, -0.05) is 30.7 Å². The Morgan fingerprint density at radius 3 is 2.62 bits per heavy atom. The van der Waals surface area contributed by atoms with Crippen LogP contribution < -0.4 is 10.6 Å². The minimum Gasteiger partial charge on any atom is -0.379 e. The number of halogens is 3. The van der Waals surface area contributed by atoms with Crippen LogP contribution in [0.1, 0.15) is 37.8 Å². The molecule has 2 atom stereocenters. The third-order valence-corrected chi connectivity index (χ3v) is 6.14. The molecule has 1 aromatic rings. The second-order valence-electron chi connectivity index (χ2n) is 7.79. The molecule has 0 aliphatic carbocycles. The normalized spacial score (nSPS) is 20.1. The number of hydrogen-bond donors (Lipinski definition) is 2. The summed E-state index contributed by atoms with van der Waals surface area (Å²) in [5.41, 5.74) is 1.15. The lowest BCUT2D eigenvalue weighted by molar-refractivity contribution is -0.122. The smallest absolute Gasteiger partial charge is 0.220 e. The highest BCUT2D eigenvalue weighted by Gasteiger charge is 2.25. The minimum absolute atomic E-state index is 0. The van der Waals surface area contributed by atoms with Gasteiger partial charge in [0.25, 0.3) is 0 Å². The lowest BCUT2D eigenvalue weighted by Crippen LogP contribution is -2.44. The number of nitrogens with zero attached hydrogens (tertiary/aromatic N) is 1. The predicted molar refractivity (Wildman–Crippen MR) is 123 cm³/mol. The van der Waals surface area contributed by atoms with Gasteiger partial charge in [0.15, 0.2) is 0 Å². The molecule has 0 radical (unpaired) electrons. The number of ether oxygens (including phenoxy) is 1. The molecule has 2 heterocycles.